The molecule has 0 aromatic rings. The Bertz CT molecular complexity index is 414. The fraction of sp³-hybridized carbons (Fsp3) is 0.733. The Morgan fingerprint density at radius 1 is 1.16 bits per heavy atom. The number of amides is 1. The van der Waals surface area contributed by atoms with Gasteiger partial charge in [0.1, 0.15) is 0 Å². The maximum atomic E-state index is 12.2. The van der Waals surface area contributed by atoms with Crippen LogP contribution < -0.4 is 5.32 Å². The molecule has 0 aliphatic heterocycles. The summed E-state index contributed by atoms with van der Waals surface area (Å²) >= 11 is 0. The number of hydrogen-bond donors (Lipinski definition) is 2. The summed E-state index contributed by atoms with van der Waals surface area (Å²) in [5, 5.41) is 12.3. The molecule has 2 bridgehead atoms. The fourth-order valence-electron chi connectivity index (χ4n) is 3.82. The van der Waals surface area contributed by atoms with Crippen molar-refractivity contribution in [2.45, 2.75) is 32.1 Å². The second kappa shape index (κ2) is 4.99. The summed E-state index contributed by atoms with van der Waals surface area (Å²) in [6.07, 6.45) is 9.76. The Balaban J connectivity index is 1.55. The Morgan fingerprint density at radius 2 is 1.84 bits per heavy atom. The van der Waals surface area contributed by atoms with E-state index in [4.69, 9.17) is 0 Å². The van der Waals surface area contributed by atoms with E-state index in [0.717, 1.165) is 18.8 Å². The van der Waals surface area contributed by atoms with Crippen molar-refractivity contribution in [2.75, 3.05) is 6.54 Å². The second-order valence-electron chi connectivity index (χ2n) is 6.21. The third-order valence-corrected chi connectivity index (χ3v) is 5.12. The molecule has 0 aromatic heterocycles. The minimum atomic E-state index is -0.823. The van der Waals surface area contributed by atoms with Crippen molar-refractivity contribution in [1.29, 1.82) is 0 Å². The predicted octanol–water partition coefficient (Wildman–Crippen LogP) is 1.82. The van der Waals surface area contributed by atoms with Gasteiger partial charge in [-0.2, -0.15) is 0 Å². The maximum Gasteiger partial charge on any atom is 0.307 e. The van der Waals surface area contributed by atoms with Crippen molar-refractivity contribution in [3.63, 3.8) is 0 Å². The van der Waals surface area contributed by atoms with Crippen LogP contribution in [0.4, 0.5) is 0 Å². The van der Waals surface area contributed by atoms with E-state index in [1.165, 1.54) is 19.3 Å². The molecule has 4 unspecified atom stereocenters. The van der Waals surface area contributed by atoms with Crippen LogP contribution in [0.15, 0.2) is 12.2 Å². The summed E-state index contributed by atoms with van der Waals surface area (Å²) in [4.78, 5) is 23.6. The zero-order chi connectivity index (χ0) is 13.4. The number of carboxylic acids is 1. The quantitative estimate of drug-likeness (QED) is 0.743. The van der Waals surface area contributed by atoms with Crippen molar-refractivity contribution in [3.05, 3.63) is 12.2 Å². The summed E-state index contributed by atoms with van der Waals surface area (Å²) in [6.45, 7) is 0.702. The summed E-state index contributed by atoms with van der Waals surface area (Å²) in [6, 6.07) is 0. The normalized spacial score (nSPS) is 36.2. The first-order valence-electron chi connectivity index (χ1n) is 7.35. The van der Waals surface area contributed by atoms with Crippen LogP contribution in [0.5, 0.6) is 0 Å². The number of nitrogens with one attached hydrogen (secondary N) is 1. The predicted molar refractivity (Wildman–Crippen MR) is 70.3 cm³/mol. The molecule has 0 spiro atoms. The van der Waals surface area contributed by atoms with E-state index in [9.17, 15) is 14.7 Å². The van der Waals surface area contributed by atoms with Gasteiger partial charge in [-0.05, 0) is 30.6 Å². The molecule has 104 valence electrons. The first kappa shape index (κ1) is 12.7. The second-order valence-corrected chi connectivity index (χ2v) is 6.21. The van der Waals surface area contributed by atoms with Gasteiger partial charge in [-0.25, -0.2) is 0 Å². The zero-order valence-corrected chi connectivity index (χ0v) is 11.0. The minimum absolute atomic E-state index is 0.0522. The van der Waals surface area contributed by atoms with Gasteiger partial charge in [0.15, 0.2) is 0 Å². The van der Waals surface area contributed by atoms with Crippen LogP contribution in [-0.2, 0) is 9.59 Å². The van der Waals surface area contributed by atoms with E-state index in [1.54, 1.807) is 0 Å². The van der Waals surface area contributed by atoms with Crippen molar-refractivity contribution in [2.24, 2.45) is 29.6 Å². The Hall–Kier alpha value is -1.32. The van der Waals surface area contributed by atoms with Crippen LogP contribution in [0.25, 0.3) is 0 Å². The first-order valence-corrected chi connectivity index (χ1v) is 7.35. The maximum absolute atomic E-state index is 12.2. The molecular weight excluding hydrogens is 242 g/mol. The van der Waals surface area contributed by atoms with E-state index in [1.807, 2.05) is 12.2 Å². The van der Waals surface area contributed by atoms with Gasteiger partial charge >= 0.3 is 5.97 Å². The lowest BCUT2D eigenvalue weighted by molar-refractivity contribution is -0.147. The molecule has 4 nitrogen and oxygen atoms in total. The van der Waals surface area contributed by atoms with E-state index < -0.39 is 11.9 Å². The van der Waals surface area contributed by atoms with Gasteiger partial charge in [0.25, 0.3) is 0 Å². The molecule has 19 heavy (non-hydrogen) atoms. The van der Waals surface area contributed by atoms with Crippen molar-refractivity contribution >= 4 is 11.9 Å². The zero-order valence-electron chi connectivity index (χ0n) is 11.0. The van der Waals surface area contributed by atoms with Crippen molar-refractivity contribution in [1.82, 2.24) is 5.32 Å². The van der Waals surface area contributed by atoms with Gasteiger partial charge in [-0.3, -0.25) is 9.59 Å². The van der Waals surface area contributed by atoms with Gasteiger partial charge in [0.05, 0.1) is 11.8 Å². The average Bonchev–Trinajstić information content (AvgIpc) is 2.91. The molecule has 0 saturated heterocycles. The first-order chi connectivity index (χ1) is 9.16. The molecule has 4 atom stereocenters. The number of fused-ring (bicyclic) bond motifs is 2. The lowest BCUT2D eigenvalue weighted by Crippen LogP contribution is -2.40. The molecule has 0 heterocycles. The minimum Gasteiger partial charge on any atom is -0.481 e. The monoisotopic (exact) mass is 263 g/mol. The Morgan fingerprint density at radius 3 is 2.42 bits per heavy atom. The van der Waals surface area contributed by atoms with Crippen molar-refractivity contribution < 1.29 is 14.7 Å². The number of carboxylic acid groups (broad SMARTS) is 1. The van der Waals surface area contributed by atoms with Crippen LogP contribution in [0.2, 0.25) is 0 Å². The molecule has 1 amide bonds. The molecular formula is C15H21NO3. The summed E-state index contributed by atoms with van der Waals surface area (Å²) < 4.78 is 0. The highest BCUT2D eigenvalue weighted by Crippen LogP contribution is 2.48. The van der Waals surface area contributed by atoms with Crippen LogP contribution in [0, 0.1) is 29.6 Å². The fourth-order valence-corrected chi connectivity index (χ4v) is 3.82. The van der Waals surface area contributed by atoms with Crippen LogP contribution in [-0.4, -0.2) is 23.5 Å². The van der Waals surface area contributed by atoms with Gasteiger partial charge in [-0.15, -0.1) is 0 Å². The molecule has 3 aliphatic rings. The highest BCUT2D eigenvalue weighted by Gasteiger charge is 2.51. The topological polar surface area (TPSA) is 66.4 Å². The molecule has 2 saturated carbocycles. The molecule has 3 rings (SSSR count). The number of hydrogen-bond acceptors (Lipinski definition) is 2. The molecule has 4 heteroatoms. The smallest absolute Gasteiger partial charge is 0.307 e. The number of carbonyl (C=O) groups excluding carboxylic acids is 1. The van der Waals surface area contributed by atoms with Gasteiger partial charge in [0, 0.05) is 6.54 Å². The summed E-state index contributed by atoms with van der Waals surface area (Å²) in [5.74, 6) is -0.776. The average molecular weight is 263 g/mol. The standard InChI is InChI=1S/C15H21NO3/c17-14(16-7-6-9-2-1-3-9)12-10-4-5-11(8-10)13(12)15(18)19/h4-5,9-13H,1-3,6-8H2,(H,16,17)(H,18,19). The molecule has 0 aromatic carbocycles. The van der Waals surface area contributed by atoms with Crippen molar-refractivity contribution in [3.8, 4) is 0 Å². The lowest BCUT2D eigenvalue weighted by atomic mass is 9.81. The Labute approximate surface area is 113 Å². The SMILES string of the molecule is O=C(O)C1C2C=CC(C2)C1C(=O)NCCC1CCC1. The van der Waals surface area contributed by atoms with Crippen LogP contribution >= 0.6 is 0 Å². The molecule has 0 radical (unpaired) electrons. The third-order valence-electron chi connectivity index (χ3n) is 5.12. The van der Waals surface area contributed by atoms with Crippen LogP contribution in [0.1, 0.15) is 32.1 Å². The van der Waals surface area contributed by atoms with Gasteiger partial charge in [-0.1, -0.05) is 31.4 Å². The molecule has 2 N–H and O–H groups in total. The highest BCUT2D eigenvalue weighted by atomic mass is 16.4. The van der Waals surface area contributed by atoms with Gasteiger partial charge in [0.2, 0.25) is 5.91 Å². The number of allylic oxidation sites excluding steroid dienone is 2. The largest absolute Gasteiger partial charge is 0.481 e. The van der Waals surface area contributed by atoms with E-state index >= 15 is 0 Å². The van der Waals surface area contributed by atoms with Crippen LogP contribution in [0.3, 0.4) is 0 Å². The van der Waals surface area contributed by atoms with E-state index in [0.29, 0.717) is 6.54 Å². The molecule has 2 fully saturated rings. The summed E-state index contributed by atoms with van der Waals surface area (Å²) in [5.41, 5.74) is 0. The van der Waals surface area contributed by atoms with E-state index in [-0.39, 0.29) is 23.7 Å². The highest BCUT2D eigenvalue weighted by molar-refractivity contribution is 5.86. The number of carbonyl (C=O) groups is 2. The number of aliphatic carboxylic acids is 1. The Kier molecular flexibility index (Phi) is 3.33. The lowest BCUT2D eigenvalue weighted by Gasteiger charge is -2.27. The number of rotatable bonds is 5. The third kappa shape index (κ3) is 2.28. The summed E-state index contributed by atoms with van der Waals surface area (Å²) in [7, 11) is 0. The van der Waals surface area contributed by atoms with E-state index in [2.05, 4.69) is 5.32 Å². The van der Waals surface area contributed by atoms with Gasteiger partial charge < -0.3 is 10.4 Å². The molecule has 3 aliphatic carbocycles.